The number of carbonyl (C=O) groups is 1. The Bertz CT molecular complexity index is 1010. The zero-order chi connectivity index (χ0) is 24.3. The molecule has 6 heteroatoms. The SMILES string of the molecule is COP(C)(=O)OCC(=O)C(=Cc1cc(C(C)(C)C)c(O)c(C(C)(C)C)c1)c1ccccc1. The van der Waals surface area contributed by atoms with E-state index in [1.54, 1.807) is 6.08 Å². The lowest BCUT2D eigenvalue weighted by molar-refractivity contribution is -0.115. The number of phenols is 1. The molecule has 0 aliphatic carbocycles. The van der Waals surface area contributed by atoms with Crippen LogP contribution in [-0.2, 0) is 29.2 Å². The van der Waals surface area contributed by atoms with Crippen molar-refractivity contribution in [1.29, 1.82) is 0 Å². The first kappa shape index (κ1) is 26.1. The highest BCUT2D eigenvalue weighted by Crippen LogP contribution is 2.43. The van der Waals surface area contributed by atoms with Gasteiger partial charge >= 0.3 is 7.60 Å². The Morgan fingerprint density at radius 3 is 1.94 bits per heavy atom. The Hall–Kier alpha value is -2.20. The number of rotatable bonds is 7. The third-order valence-electron chi connectivity index (χ3n) is 5.21. The van der Waals surface area contributed by atoms with Crippen molar-refractivity contribution in [3.8, 4) is 5.75 Å². The van der Waals surface area contributed by atoms with Crippen molar-refractivity contribution in [2.45, 2.75) is 52.4 Å². The summed E-state index contributed by atoms with van der Waals surface area (Å²) in [6, 6.07) is 13.1. The number of carbonyl (C=O) groups excluding carboxylic acids is 1. The van der Waals surface area contributed by atoms with Gasteiger partial charge in [-0.25, -0.2) is 0 Å². The maximum absolute atomic E-state index is 13.1. The second-order valence-electron chi connectivity index (χ2n) is 10.0. The first-order chi connectivity index (χ1) is 14.7. The summed E-state index contributed by atoms with van der Waals surface area (Å²) in [5.74, 6) is -0.0249. The summed E-state index contributed by atoms with van der Waals surface area (Å²) in [6.07, 6.45) is 1.80. The second kappa shape index (κ2) is 9.74. The molecule has 0 spiro atoms. The van der Waals surface area contributed by atoms with Gasteiger partial charge in [0, 0.05) is 30.5 Å². The summed E-state index contributed by atoms with van der Waals surface area (Å²) in [5, 5.41) is 11.0. The zero-order valence-electron chi connectivity index (χ0n) is 20.4. The molecular formula is C26H35O5P. The molecule has 174 valence electrons. The molecule has 0 saturated carbocycles. The van der Waals surface area contributed by atoms with Crippen LogP contribution in [0.4, 0.5) is 0 Å². The number of phenolic OH excluding ortho intramolecular Hbond substituents is 1. The van der Waals surface area contributed by atoms with Gasteiger partial charge in [0.1, 0.15) is 12.4 Å². The number of hydrogen-bond acceptors (Lipinski definition) is 5. The van der Waals surface area contributed by atoms with Crippen LogP contribution in [0.25, 0.3) is 11.6 Å². The van der Waals surface area contributed by atoms with E-state index in [2.05, 4.69) is 0 Å². The van der Waals surface area contributed by atoms with Gasteiger partial charge in [0.2, 0.25) is 0 Å². The van der Waals surface area contributed by atoms with E-state index in [0.717, 1.165) is 22.3 Å². The number of hydrogen-bond donors (Lipinski definition) is 1. The molecule has 32 heavy (non-hydrogen) atoms. The van der Waals surface area contributed by atoms with E-state index in [1.807, 2.05) is 84.0 Å². The van der Waals surface area contributed by atoms with E-state index in [-0.39, 0.29) is 29.0 Å². The van der Waals surface area contributed by atoms with Crippen LogP contribution in [-0.4, -0.2) is 31.3 Å². The smallest absolute Gasteiger partial charge is 0.327 e. The van der Waals surface area contributed by atoms with Crippen LogP contribution in [0.2, 0.25) is 0 Å². The van der Waals surface area contributed by atoms with E-state index < -0.39 is 7.60 Å². The normalized spacial score (nSPS) is 14.8. The fraction of sp³-hybridized carbons (Fsp3) is 0.423. The molecule has 2 rings (SSSR count). The monoisotopic (exact) mass is 458 g/mol. The van der Waals surface area contributed by atoms with Gasteiger partial charge in [0.05, 0.1) is 0 Å². The molecular weight excluding hydrogens is 423 g/mol. The predicted octanol–water partition coefficient (Wildman–Crippen LogP) is 6.58. The first-order valence-corrected chi connectivity index (χ1v) is 12.6. The Morgan fingerprint density at radius 2 is 1.50 bits per heavy atom. The molecule has 2 aromatic carbocycles. The third kappa shape index (κ3) is 6.65. The summed E-state index contributed by atoms with van der Waals surface area (Å²) in [6.45, 7) is 13.2. The maximum Gasteiger partial charge on any atom is 0.327 e. The van der Waals surface area contributed by atoms with Gasteiger partial charge in [0.15, 0.2) is 5.78 Å². The van der Waals surface area contributed by atoms with Crippen LogP contribution >= 0.6 is 7.60 Å². The van der Waals surface area contributed by atoms with Crippen molar-refractivity contribution in [3.05, 3.63) is 64.7 Å². The third-order valence-corrected chi connectivity index (χ3v) is 6.47. The Kier molecular flexibility index (Phi) is 7.93. The van der Waals surface area contributed by atoms with Crippen molar-refractivity contribution in [1.82, 2.24) is 0 Å². The highest BCUT2D eigenvalue weighted by molar-refractivity contribution is 7.52. The molecule has 0 aliphatic rings. The molecule has 2 aromatic rings. The summed E-state index contributed by atoms with van der Waals surface area (Å²) in [7, 11) is -2.00. The summed E-state index contributed by atoms with van der Waals surface area (Å²) in [4.78, 5) is 13.1. The van der Waals surface area contributed by atoms with E-state index in [0.29, 0.717) is 5.57 Å². The summed E-state index contributed by atoms with van der Waals surface area (Å²) < 4.78 is 22.2. The zero-order valence-corrected chi connectivity index (χ0v) is 21.2. The van der Waals surface area contributed by atoms with Crippen molar-refractivity contribution < 1.29 is 23.5 Å². The lowest BCUT2D eigenvalue weighted by atomic mass is 9.78. The van der Waals surface area contributed by atoms with Gasteiger partial charge in [-0.2, -0.15) is 0 Å². The lowest BCUT2D eigenvalue weighted by Crippen LogP contribution is -2.17. The first-order valence-electron chi connectivity index (χ1n) is 10.6. The van der Waals surface area contributed by atoms with Crippen LogP contribution < -0.4 is 0 Å². The predicted molar refractivity (Wildman–Crippen MR) is 131 cm³/mol. The Balaban J connectivity index is 2.66. The molecule has 0 fully saturated rings. The largest absolute Gasteiger partial charge is 0.507 e. The molecule has 1 unspecified atom stereocenters. The van der Waals surface area contributed by atoms with Gasteiger partial charge in [0.25, 0.3) is 0 Å². The minimum atomic E-state index is -3.29. The second-order valence-corrected chi connectivity index (χ2v) is 12.2. The standard InChI is InChI=1S/C26H35O5P/c1-25(2,3)21-15-18(16-22(24(21)28)26(4,5)6)14-20(19-12-10-9-11-13-19)23(27)17-31-32(8,29)30-7/h9-16,28H,17H2,1-8H3. The molecule has 1 atom stereocenters. The topological polar surface area (TPSA) is 72.8 Å². The van der Waals surface area contributed by atoms with Gasteiger partial charge < -0.3 is 14.2 Å². The number of Topliss-reactive ketones (excluding diaryl/α,β-unsaturated/α-hetero) is 1. The minimum Gasteiger partial charge on any atom is -0.507 e. The van der Waals surface area contributed by atoms with Crippen molar-refractivity contribution >= 4 is 25.0 Å². The van der Waals surface area contributed by atoms with Crippen LogP contribution in [0.5, 0.6) is 5.75 Å². The Morgan fingerprint density at radius 1 is 1.00 bits per heavy atom. The van der Waals surface area contributed by atoms with Crippen molar-refractivity contribution in [2.24, 2.45) is 0 Å². The molecule has 0 amide bonds. The molecule has 5 nitrogen and oxygen atoms in total. The van der Waals surface area contributed by atoms with Crippen molar-refractivity contribution in [3.63, 3.8) is 0 Å². The molecule has 0 aromatic heterocycles. The van der Waals surface area contributed by atoms with Crippen LogP contribution in [0.1, 0.15) is 63.8 Å². The lowest BCUT2D eigenvalue weighted by Gasteiger charge is -2.28. The van der Waals surface area contributed by atoms with Crippen LogP contribution in [0.15, 0.2) is 42.5 Å². The molecule has 1 N–H and O–H groups in total. The average Bonchev–Trinajstić information content (AvgIpc) is 2.70. The van der Waals surface area contributed by atoms with E-state index in [1.165, 1.54) is 13.8 Å². The van der Waals surface area contributed by atoms with Gasteiger partial charge in [-0.05, 0) is 40.2 Å². The number of benzene rings is 2. The van der Waals surface area contributed by atoms with Gasteiger partial charge in [-0.3, -0.25) is 9.36 Å². The Labute approximate surface area is 192 Å². The number of ketones is 1. The summed E-state index contributed by atoms with van der Waals surface area (Å²) >= 11 is 0. The minimum absolute atomic E-state index is 0.282. The van der Waals surface area contributed by atoms with Gasteiger partial charge in [-0.15, -0.1) is 0 Å². The molecule has 0 radical (unpaired) electrons. The molecule has 0 aliphatic heterocycles. The fourth-order valence-electron chi connectivity index (χ4n) is 3.30. The number of aromatic hydroxyl groups is 1. The van der Waals surface area contributed by atoms with Crippen LogP contribution in [0.3, 0.4) is 0 Å². The highest BCUT2D eigenvalue weighted by Gasteiger charge is 2.27. The van der Waals surface area contributed by atoms with Gasteiger partial charge in [-0.1, -0.05) is 71.9 Å². The average molecular weight is 459 g/mol. The summed E-state index contributed by atoms with van der Waals surface area (Å²) in [5.41, 5.74) is 3.01. The quantitative estimate of drug-likeness (QED) is 0.288. The van der Waals surface area contributed by atoms with Crippen LogP contribution in [0, 0.1) is 0 Å². The molecule has 0 heterocycles. The maximum atomic E-state index is 13.1. The van der Waals surface area contributed by atoms with E-state index >= 15 is 0 Å². The molecule has 0 bridgehead atoms. The van der Waals surface area contributed by atoms with E-state index in [9.17, 15) is 14.5 Å². The van der Waals surface area contributed by atoms with Crippen molar-refractivity contribution in [2.75, 3.05) is 20.4 Å². The fourth-order valence-corrected chi connectivity index (χ4v) is 3.76. The molecule has 0 saturated heterocycles. The highest BCUT2D eigenvalue weighted by atomic mass is 31.2. The van der Waals surface area contributed by atoms with E-state index in [4.69, 9.17) is 9.05 Å².